The molecule has 0 saturated carbocycles. The highest BCUT2D eigenvalue weighted by Gasteiger charge is 2.16. The lowest BCUT2D eigenvalue weighted by Gasteiger charge is -2.17. The van der Waals surface area contributed by atoms with Crippen molar-refractivity contribution in [2.75, 3.05) is 13.2 Å². The van der Waals surface area contributed by atoms with E-state index in [2.05, 4.69) is 6.08 Å². The summed E-state index contributed by atoms with van der Waals surface area (Å²) in [6, 6.07) is 3.26. The maximum atomic E-state index is 14.3. The van der Waals surface area contributed by atoms with Crippen molar-refractivity contribution in [2.45, 2.75) is 52.9 Å². The van der Waals surface area contributed by atoms with Crippen molar-refractivity contribution >= 4 is 0 Å². The number of hydrogen-bond acceptors (Lipinski definition) is 2. The number of hydrogen-bond donors (Lipinski definition) is 0. The van der Waals surface area contributed by atoms with Crippen molar-refractivity contribution in [2.24, 2.45) is 0 Å². The van der Waals surface area contributed by atoms with Crippen molar-refractivity contribution in [3.8, 4) is 11.5 Å². The van der Waals surface area contributed by atoms with E-state index in [1.54, 1.807) is 6.07 Å². The van der Waals surface area contributed by atoms with E-state index in [0.29, 0.717) is 30.3 Å². The lowest BCUT2D eigenvalue weighted by molar-refractivity contribution is 0.266. The molecule has 0 spiro atoms. The number of allylic oxidation sites excluding steroid dienone is 2. The number of ether oxygens (including phenoxy) is 2. The third-order valence-electron chi connectivity index (χ3n) is 3.24. The molecule has 0 bridgehead atoms. The van der Waals surface area contributed by atoms with E-state index in [9.17, 15) is 4.39 Å². The first kappa shape index (κ1) is 17.5. The first-order valence-electron chi connectivity index (χ1n) is 7.84. The Morgan fingerprint density at radius 3 is 2.19 bits per heavy atom. The molecule has 1 aromatic carbocycles. The van der Waals surface area contributed by atoms with E-state index in [4.69, 9.17) is 9.47 Å². The Balaban J connectivity index is 3.03. The molecule has 2 nitrogen and oxygen atoms in total. The fourth-order valence-corrected chi connectivity index (χ4v) is 2.05. The topological polar surface area (TPSA) is 18.5 Å². The summed E-state index contributed by atoms with van der Waals surface area (Å²) in [6.07, 6.45) is 6.65. The van der Waals surface area contributed by atoms with Gasteiger partial charge in [0.05, 0.1) is 13.2 Å². The van der Waals surface area contributed by atoms with E-state index in [-0.39, 0.29) is 11.7 Å². The van der Waals surface area contributed by atoms with Crippen LogP contribution in [-0.4, -0.2) is 13.2 Å². The predicted octanol–water partition coefficient (Wildman–Crippen LogP) is 5.47. The molecule has 0 aliphatic rings. The van der Waals surface area contributed by atoms with Gasteiger partial charge >= 0.3 is 0 Å². The molecule has 0 aliphatic heterocycles. The van der Waals surface area contributed by atoms with Crippen LogP contribution in [0.2, 0.25) is 0 Å². The number of halogens is 1. The molecule has 0 N–H and O–H groups in total. The maximum absolute atomic E-state index is 14.3. The minimum absolute atomic E-state index is 0.116. The van der Waals surface area contributed by atoms with E-state index in [0.717, 1.165) is 19.3 Å². The Hall–Kier alpha value is -1.51. The summed E-state index contributed by atoms with van der Waals surface area (Å²) in [4.78, 5) is 0. The summed E-state index contributed by atoms with van der Waals surface area (Å²) in [6.45, 7) is 9.24. The Labute approximate surface area is 128 Å². The van der Waals surface area contributed by atoms with Gasteiger partial charge in [-0.3, -0.25) is 0 Å². The molecule has 21 heavy (non-hydrogen) atoms. The quantitative estimate of drug-likeness (QED) is 0.562. The number of benzene rings is 1. The average Bonchev–Trinajstić information content (AvgIpc) is 2.49. The highest BCUT2D eigenvalue weighted by molar-refractivity contribution is 5.45. The molecule has 0 amide bonds. The summed E-state index contributed by atoms with van der Waals surface area (Å²) >= 11 is 0. The molecule has 1 rings (SSSR count). The van der Waals surface area contributed by atoms with Gasteiger partial charge in [0.2, 0.25) is 0 Å². The van der Waals surface area contributed by atoms with Gasteiger partial charge in [0.15, 0.2) is 11.5 Å². The molecule has 0 aromatic heterocycles. The Morgan fingerprint density at radius 1 is 1.10 bits per heavy atom. The lowest BCUT2D eigenvalue weighted by atomic mass is 9.96. The summed E-state index contributed by atoms with van der Waals surface area (Å²) in [7, 11) is 0. The molecular formula is C18H27FO2. The monoisotopic (exact) mass is 294 g/mol. The highest BCUT2D eigenvalue weighted by Crippen LogP contribution is 2.34. The van der Waals surface area contributed by atoms with E-state index in [1.165, 1.54) is 6.07 Å². The van der Waals surface area contributed by atoms with Crippen LogP contribution in [0.25, 0.3) is 0 Å². The Kier molecular flexibility index (Phi) is 7.88. The van der Waals surface area contributed by atoms with Gasteiger partial charge in [-0.15, -0.1) is 0 Å². The van der Waals surface area contributed by atoms with Gasteiger partial charge in [0.25, 0.3) is 0 Å². The Bertz CT molecular complexity index is 455. The first-order chi connectivity index (χ1) is 10.1. The van der Waals surface area contributed by atoms with E-state index >= 15 is 0 Å². The van der Waals surface area contributed by atoms with Crippen LogP contribution >= 0.6 is 0 Å². The SMILES string of the molecule is C/C=C\CC(C)c1cc(OCCC)c(OCCC)cc1F. The van der Waals surface area contributed by atoms with E-state index in [1.807, 2.05) is 33.8 Å². The molecule has 1 aromatic rings. The van der Waals surface area contributed by atoms with Crippen molar-refractivity contribution in [3.05, 3.63) is 35.7 Å². The molecule has 0 heterocycles. The molecule has 1 unspecified atom stereocenters. The van der Waals surface area contributed by atoms with Gasteiger partial charge in [0, 0.05) is 6.07 Å². The summed E-state index contributed by atoms with van der Waals surface area (Å²) in [5.41, 5.74) is 0.683. The van der Waals surface area contributed by atoms with Crippen LogP contribution in [0.15, 0.2) is 24.3 Å². The third kappa shape index (κ3) is 5.41. The maximum Gasteiger partial charge on any atom is 0.164 e. The van der Waals surface area contributed by atoms with Gasteiger partial charge in [0.1, 0.15) is 5.82 Å². The average molecular weight is 294 g/mol. The van der Waals surface area contributed by atoms with Crippen LogP contribution in [0.1, 0.15) is 58.4 Å². The fourth-order valence-electron chi connectivity index (χ4n) is 2.05. The molecule has 0 saturated heterocycles. The minimum Gasteiger partial charge on any atom is -0.490 e. The molecule has 0 radical (unpaired) electrons. The van der Waals surface area contributed by atoms with Gasteiger partial charge < -0.3 is 9.47 Å². The predicted molar refractivity (Wildman–Crippen MR) is 85.8 cm³/mol. The lowest BCUT2D eigenvalue weighted by Crippen LogP contribution is -2.05. The highest BCUT2D eigenvalue weighted by atomic mass is 19.1. The second-order valence-electron chi connectivity index (χ2n) is 5.22. The molecular weight excluding hydrogens is 267 g/mol. The van der Waals surface area contributed by atoms with Crippen LogP contribution in [0.3, 0.4) is 0 Å². The van der Waals surface area contributed by atoms with Crippen LogP contribution in [0, 0.1) is 5.82 Å². The van der Waals surface area contributed by atoms with Crippen LogP contribution < -0.4 is 9.47 Å². The van der Waals surface area contributed by atoms with Crippen molar-refractivity contribution in [3.63, 3.8) is 0 Å². The molecule has 3 heteroatoms. The molecule has 1 atom stereocenters. The molecule has 118 valence electrons. The van der Waals surface area contributed by atoms with Crippen molar-refractivity contribution in [1.29, 1.82) is 0 Å². The van der Waals surface area contributed by atoms with Crippen molar-refractivity contribution < 1.29 is 13.9 Å². The standard InChI is InChI=1S/C18H27FO2/c1-5-8-9-14(4)15-12-17(20-10-6-2)18(13-16(15)19)21-11-7-3/h5,8,12-14H,6-7,9-11H2,1-4H3/b8-5-. The van der Waals surface area contributed by atoms with Gasteiger partial charge in [-0.25, -0.2) is 4.39 Å². The molecule has 0 fully saturated rings. The third-order valence-corrected chi connectivity index (χ3v) is 3.24. The zero-order chi connectivity index (χ0) is 15.7. The van der Waals surface area contributed by atoms with Crippen LogP contribution in [0.5, 0.6) is 11.5 Å². The first-order valence-corrected chi connectivity index (χ1v) is 7.84. The smallest absolute Gasteiger partial charge is 0.164 e. The van der Waals surface area contributed by atoms with Crippen LogP contribution in [-0.2, 0) is 0 Å². The molecule has 0 aliphatic carbocycles. The second kappa shape index (κ2) is 9.43. The summed E-state index contributed by atoms with van der Waals surface area (Å²) in [5.74, 6) is 1.05. The fraction of sp³-hybridized carbons (Fsp3) is 0.556. The van der Waals surface area contributed by atoms with E-state index < -0.39 is 0 Å². The summed E-state index contributed by atoms with van der Waals surface area (Å²) < 4.78 is 25.6. The normalized spacial score (nSPS) is 12.6. The van der Waals surface area contributed by atoms with Crippen molar-refractivity contribution in [1.82, 2.24) is 0 Å². The number of rotatable bonds is 9. The zero-order valence-electron chi connectivity index (χ0n) is 13.6. The largest absolute Gasteiger partial charge is 0.490 e. The van der Waals surface area contributed by atoms with Gasteiger partial charge in [-0.05, 0) is 43.7 Å². The van der Waals surface area contributed by atoms with Crippen LogP contribution in [0.4, 0.5) is 4.39 Å². The minimum atomic E-state index is -0.220. The Morgan fingerprint density at radius 2 is 1.67 bits per heavy atom. The zero-order valence-corrected chi connectivity index (χ0v) is 13.6. The van der Waals surface area contributed by atoms with Gasteiger partial charge in [-0.1, -0.05) is 32.9 Å². The summed E-state index contributed by atoms with van der Waals surface area (Å²) in [5, 5.41) is 0. The second-order valence-corrected chi connectivity index (χ2v) is 5.22. The van der Waals surface area contributed by atoms with Gasteiger partial charge in [-0.2, -0.15) is 0 Å².